The molecule has 1 amide bonds. The second-order valence-corrected chi connectivity index (χ2v) is 6.46. The van der Waals surface area contributed by atoms with Crippen molar-refractivity contribution in [2.24, 2.45) is 7.05 Å². The molecule has 0 bridgehead atoms. The van der Waals surface area contributed by atoms with Crippen LogP contribution >= 0.6 is 12.2 Å². The Balaban J connectivity index is 1.78. The number of aromatic nitrogens is 3. The van der Waals surface area contributed by atoms with Crippen molar-refractivity contribution in [3.05, 3.63) is 46.0 Å². The summed E-state index contributed by atoms with van der Waals surface area (Å²) in [5, 5.41) is 15.9. The highest BCUT2D eigenvalue weighted by Gasteiger charge is 2.28. The Kier molecular flexibility index (Phi) is 4.76. The predicted octanol–water partition coefficient (Wildman–Crippen LogP) is 2.56. The summed E-state index contributed by atoms with van der Waals surface area (Å²) in [6, 6.07) is 9.44. The van der Waals surface area contributed by atoms with E-state index in [0.29, 0.717) is 23.3 Å². The summed E-state index contributed by atoms with van der Waals surface area (Å²) in [5.74, 6) is 1.09. The molecule has 0 unspecified atom stereocenters. The van der Waals surface area contributed by atoms with Gasteiger partial charge in [-0.3, -0.25) is 9.89 Å². The quantitative estimate of drug-likeness (QED) is 0.871. The summed E-state index contributed by atoms with van der Waals surface area (Å²) < 4.78 is 2.47. The summed E-state index contributed by atoms with van der Waals surface area (Å²) in [6.07, 6.45) is 2.24. The average Bonchev–Trinajstić information content (AvgIpc) is 2.94. The number of nitriles is 1. The van der Waals surface area contributed by atoms with Crippen molar-refractivity contribution in [3.8, 4) is 6.07 Å². The zero-order valence-corrected chi connectivity index (χ0v) is 14.3. The van der Waals surface area contributed by atoms with Gasteiger partial charge in [0, 0.05) is 31.6 Å². The maximum Gasteiger partial charge on any atom is 0.253 e. The zero-order valence-electron chi connectivity index (χ0n) is 13.5. The van der Waals surface area contributed by atoms with Crippen LogP contribution in [0.1, 0.15) is 40.5 Å². The number of benzene rings is 1. The zero-order chi connectivity index (χ0) is 17.1. The molecule has 1 atom stereocenters. The van der Waals surface area contributed by atoms with E-state index in [4.69, 9.17) is 17.5 Å². The van der Waals surface area contributed by atoms with Crippen LogP contribution in [-0.4, -0.2) is 38.7 Å². The molecule has 24 heavy (non-hydrogen) atoms. The summed E-state index contributed by atoms with van der Waals surface area (Å²) in [6.45, 7) is 1.38. The van der Waals surface area contributed by atoms with E-state index in [1.54, 1.807) is 0 Å². The lowest BCUT2D eigenvalue weighted by Crippen LogP contribution is -2.39. The standard InChI is InChI=1S/C17H19N5OS/c1-21-15(19-20-17(21)24)14-6-3-9-22(11-14)16(23)13-5-2-4-12(10-13)7-8-18/h2,4-5,10,14H,3,6-7,9,11H2,1H3,(H,20,24)/t14-/m0/s1. The van der Waals surface area contributed by atoms with Crippen molar-refractivity contribution in [2.75, 3.05) is 13.1 Å². The van der Waals surface area contributed by atoms with Crippen LogP contribution in [0.5, 0.6) is 0 Å². The number of rotatable bonds is 3. The molecule has 1 saturated heterocycles. The lowest BCUT2D eigenvalue weighted by molar-refractivity contribution is 0.0703. The van der Waals surface area contributed by atoms with Crippen molar-refractivity contribution in [3.63, 3.8) is 0 Å². The molecule has 1 fully saturated rings. The van der Waals surface area contributed by atoms with Crippen molar-refractivity contribution in [1.82, 2.24) is 19.7 Å². The summed E-state index contributed by atoms with van der Waals surface area (Å²) in [7, 11) is 1.90. The van der Waals surface area contributed by atoms with Gasteiger partial charge < -0.3 is 9.47 Å². The minimum atomic E-state index is 0.0104. The molecule has 1 aliphatic rings. The lowest BCUT2D eigenvalue weighted by atomic mass is 9.96. The highest BCUT2D eigenvalue weighted by atomic mass is 32.1. The molecule has 2 heterocycles. The predicted molar refractivity (Wildman–Crippen MR) is 92.0 cm³/mol. The van der Waals surface area contributed by atoms with Gasteiger partial charge in [0.2, 0.25) is 0 Å². The fraction of sp³-hybridized carbons (Fsp3) is 0.412. The van der Waals surface area contributed by atoms with Crippen LogP contribution < -0.4 is 0 Å². The molecule has 0 spiro atoms. The van der Waals surface area contributed by atoms with Gasteiger partial charge >= 0.3 is 0 Å². The molecular weight excluding hydrogens is 322 g/mol. The van der Waals surface area contributed by atoms with Crippen LogP contribution in [0.15, 0.2) is 24.3 Å². The highest BCUT2D eigenvalue weighted by Crippen LogP contribution is 2.26. The number of likely N-dealkylation sites (tertiary alicyclic amines) is 1. The van der Waals surface area contributed by atoms with Gasteiger partial charge in [0.05, 0.1) is 12.5 Å². The third kappa shape index (κ3) is 3.24. The van der Waals surface area contributed by atoms with E-state index in [9.17, 15) is 4.79 Å². The van der Waals surface area contributed by atoms with Gasteiger partial charge in [-0.25, -0.2) is 0 Å². The van der Waals surface area contributed by atoms with Crippen molar-refractivity contribution >= 4 is 18.1 Å². The van der Waals surface area contributed by atoms with Crippen LogP contribution in [-0.2, 0) is 13.5 Å². The Morgan fingerprint density at radius 2 is 2.38 bits per heavy atom. The van der Waals surface area contributed by atoms with Gasteiger partial charge in [-0.05, 0) is 42.8 Å². The first-order valence-corrected chi connectivity index (χ1v) is 8.37. The largest absolute Gasteiger partial charge is 0.338 e. The number of carbonyl (C=O) groups excluding carboxylic acids is 1. The van der Waals surface area contributed by atoms with Crippen LogP contribution in [0.25, 0.3) is 0 Å². The fourth-order valence-corrected chi connectivity index (χ4v) is 3.32. The van der Waals surface area contributed by atoms with E-state index in [2.05, 4.69) is 16.3 Å². The van der Waals surface area contributed by atoms with Gasteiger partial charge in [-0.1, -0.05) is 12.1 Å². The Labute approximate surface area is 145 Å². The minimum Gasteiger partial charge on any atom is -0.338 e. The second kappa shape index (κ2) is 6.97. The third-order valence-corrected chi connectivity index (χ3v) is 4.81. The molecule has 1 aliphatic heterocycles. The maximum absolute atomic E-state index is 12.8. The molecule has 3 rings (SSSR count). The molecule has 0 aliphatic carbocycles. The first-order chi connectivity index (χ1) is 11.6. The van der Waals surface area contributed by atoms with Gasteiger partial charge in [-0.2, -0.15) is 10.4 Å². The molecule has 6 nitrogen and oxygen atoms in total. The molecule has 7 heteroatoms. The Bertz CT molecular complexity index is 847. The average molecular weight is 341 g/mol. The molecule has 124 valence electrons. The number of piperidine rings is 1. The van der Waals surface area contributed by atoms with Crippen LogP contribution in [0, 0.1) is 16.1 Å². The highest BCUT2D eigenvalue weighted by molar-refractivity contribution is 7.71. The minimum absolute atomic E-state index is 0.0104. The summed E-state index contributed by atoms with van der Waals surface area (Å²) in [5.41, 5.74) is 1.50. The number of amides is 1. The van der Waals surface area contributed by atoms with Crippen LogP contribution in [0.3, 0.4) is 0 Å². The number of carbonyl (C=O) groups is 1. The Morgan fingerprint density at radius 1 is 1.54 bits per heavy atom. The van der Waals surface area contributed by atoms with Crippen LogP contribution in [0.4, 0.5) is 0 Å². The van der Waals surface area contributed by atoms with Crippen molar-refractivity contribution in [1.29, 1.82) is 5.26 Å². The van der Waals surface area contributed by atoms with Crippen LogP contribution in [0.2, 0.25) is 0 Å². The van der Waals surface area contributed by atoms with E-state index in [1.165, 1.54) is 0 Å². The van der Waals surface area contributed by atoms with Gasteiger partial charge in [0.15, 0.2) is 4.77 Å². The number of nitrogens with one attached hydrogen (secondary N) is 1. The Hall–Kier alpha value is -2.46. The number of hydrogen-bond acceptors (Lipinski definition) is 4. The van der Waals surface area contributed by atoms with E-state index in [-0.39, 0.29) is 11.8 Å². The van der Waals surface area contributed by atoms with Gasteiger partial charge in [-0.15, -0.1) is 0 Å². The topological polar surface area (TPSA) is 77.7 Å². The lowest BCUT2D eigenvalue weighted by Gasteiger charge is -2.32. The second-order valence-electron chi connectivity index (χ2n) is 6.07. The van der Waals surface area contributed by atoms with Crippen molar-refractivity contribution < 1.29 is 4.79 Å². The smallest absolute Gasteiger partial charge is 0.253 e. The van der Waals surface area contributed by atoms with Gasteiger partial charge in [0.25, 0.3) is 5.91 Å². The number of H-pyrrole nitrogens is 1. The SMILES string of the molecule is Cn1c([C@H]2CCCN(C(=O)c3cccc(CC#N)c3)C2)n[nH]c1=S. The molecule has 2 aromatic rings. The van der Waals surface area contributed by atoms with E-state index >= 15 is 0 Å². The molecular formula is C17H19N5OS. The molecule has 1 aromatic heterocycles. The molecule has 0 radical (unpaired) electrons. The first kappa shape index (κ1) is 16.4. The number of nitrogens with zero attached hydrogens (tertiary/aromatic N) is 4. The monoisotopic (exact) mass is 341 g/mol. The number of aromatic amines is 1. The number of hydrogen-bond donors (Lipinski definition) is 1. The molecule has 0 saturated carbocycles. The normalized spacial score (nSPS) is 17.5. The van der Waals surface area contributed by atoms with Gasteiger partial charge in [0.1, 0.15) is 5.82 Å². The summed E-state index contributed by atoms with van der Waals surface area (Å²) in [4.78, 5) is 14.7. The summed E-state index contributed by atoms with van der Waals surface area (Å²) >= 11 is 5.18. The Morgan fingerprint density at radius 3 is 3.08 bits per heavy atom. The van der Waals surface area contributed by atoms with E-state index in [1.807, 2.05) is 40.8 Å². The first-order valence-electron chi connectivity index (χ1n) is 7.96. The third-order valence-electron chi connectivity index (χ3n) is 4.45. The maximum atomic E-state index is 12.8. The fourth-order valence-electron chi connectivity index (χ4n) is 3.18. The molecule has 1 N–H and O–H groups in total. The molecule has 1 aromatic carbocycles. The van der Waals surface area contributed by atoms with Crippen molar-refractivity contribution in [2.45, 2.75) is 25.2 Å². The van der Waals surface area contributed by atoms with E-state index in [0.717, 1.165) is 30.8 Å². The van der Waals surface area contributed by atoms with E-state index < -0.39 is 0 Å².